The van der Waals surface area contributed by atoms with E-state index in [9.17, 15) is 13.2 Å². The maximum Gasteiger partial charge on any atom is 0.303 e. The predicted octanol–water partition coefficient (Wildman–Crippen LogP) is 4.16. The Bertz CT molecular complexity index is 756. The highest BCUT2D eigenvalue weighted by atomic mass is 127. The molecule has 7 heteroatoms. The number of hydrogen-bond donors (Lipinski definition) is 2. The molecule has 0 amide bonds. The Kier molecular flexibility index (Phi) is 8.30. The van der Waals surface area contributed by atoms with Crippen LogP contribution in [0.3, 0.4) is 0 Å². The Morgan fingerprint density at radius 1 is 1.27 bits per heavy atom. The van der Waals surface area contributed by atoms with Crippen molar-refractivity contribution in [1.29, 1.82) is 0 Å². The molecule has 0 aliphatic heterocycles. The summed E-state index contributed by atoms with van der Waals surface area (Å²) in [4.78, 5) is 10.5. The van der Waals surface area contributed by atoms with Crippen molar-refractivity contribution in [3.05, 3.63) is 51.0 Å². The molecule has 0 bridgehead atoms. The summed E-state index contributed by atoms with van der Waals surface area (Å²) in [5.41, 5.74) is 0.851. The number of unbranched alkanes of at least 4 members (excludes halogenated alkanes) is 1. The Labute approximate surface area is 168 Å². The highest BCUT2D eigenvalue weighted by Crippen LogP contribution is 2.27. The normalized spacial score (nSPS) is 21.0. The standard InChI is InChI=1S/C19H24INO4S/c20-17-9-6-15(7-10-17)12-13-26(24,25)21-18-11-8-16(14-18)4-2-1-3-5-19(22)23/h2,4,6-7,9-10,12-13,16,18,21H,1,3,5,8,11,14H2,(H,22,23). The minimum atomic E-state index is -3.46. The summed E-state index contributed by atoms with van der Waals surface area (Å²) < 4.78 is 28.3. The number of rotatable bonds is 9. The van der Waals surface area contributed by atoms with Gasteiger partial charge in [-0.3, -0.25) is 4.79 Å². The highest BCUT2D eigenvalue weighted by molar-refractivity contribution is 14.1. The molecule has 2 N–H and O–H groups in total. The number of benzene rings is 1. The van der Waals surface area contributed by atoms with E-state index in [1.807, 2.05) is 30.3 Å². The van der Waals surface area contributed by atoms with Crippen molar-refractivity contribution in [2.45, 2.75) is 44.6 Å². The smallest absolute Gasteiger partial charge is 0.303 e. The Morgan fingerprint density at radius 3 is 2.69 bits per heavy atom. The molecule has 2 rings (SSSR count). The third-order valence-corrected chi connectivity index (χ3v) is 6.16. The van der Waals surface area contributed by atoms with Gasteiger partial charge in [0.1, 0.15) is 0 Å². The zero-order chi connectivity index (χ0) is 19.0. The van der Waals surface area contributed by atoms with E-state index < -0.39 is 16.0 Å². The van der Waals surface area contributed by atoms with Crippen LogP contribution in [0, 0.1) is 9.49 Å². The molecular weight excluding hydrogens is 465 g/mol. The van der Waals surface area contributed by atoms with Crippen LogP contribution in [-0.2, 0) is 14.8 Å². The van der Waals surface area contributed by atoms with Crippen molar-refractivity contribution in [3.8, 4) is 0 Å². The van der Waals surface area contributed by atoms with Crippen LogP contribution in [-0.4, -0.2) is 25.5 Å². The Hall–Kier alpha value is -1.19. The average Bonchev–Trinajstić information content (AvgIpc) is 3.00. The summed E-state index contributed by atoms with van der Waals surface area (Å²) in [7, 11) is -3.46. The first kappa shape index (κ1) is 21.1. The number of hydrogen-bond acceptors (Lipinski definition) is 3. The molecule has 1 aromatic carbocycles. The van der Waals surface area contributed by atoms with Crippen LogP contribution in [0.1, 0.15) is 44.1 Å². The second-order valence-corrected chi connectivity index (χ2v) is 9.34. The fraction of sp³-hybridized carbons (Fsp3) is 0.421. The van der Waals surface area contributed by atoms with Crippen molar-refractivity contribution in [1.82, 2.24) is 4.72 Å². The van der Waals surface area contributed by atoms with E-state index in [4.69, 9.17) is 5.11 Å². The molecular formula is C19H24INO4S. The molecule has 2 unspecified atom stereocenters. The molecule has 5 nitrogen and oxygen atoms in total. The van der Waals surface area contributed by atoms with Crippen LogP contribution in [0.2, 0.25) is 0 Å². The largest absolute Gasteiger partial charge is 0.481 e. The number of carboxylic acid groups (broad SMARTS) is 1. The molecule has 1 fully saturated rings. The minimum absolute atomic E-state index is 0.0463. The number of carboxylic acids is 1. The molecule has 142 valence electrons. The molecule has 0 saturated heterocycles. The van der Waals surface area contributed by atoms with Crippen molar-refractivity contribution in [3.63, 3.8) is 0 Å². The highest BCUT2D eigenvalue weighted by Gasteiger charge is 2.25. The maximum absolute atomic E-state index is 12.2. The van der Waals surface area contributed by atoms with E-state index >= 15 is 0 Å². The molecule has 0 aromatic heterocycles. The van der Waals surface area contributed by atoms with Gasteiger partial charge in [-0.25, -0.2) is 13.1 Å². The van der Waals surface area contributed by atoms with Gasteiger partial charge in [-0.05, 0) is 84.4 Å². The number of allylic oxidation sites excluding steroid dienone is 2. The van der Waals surface area contributed by atoms with Gasteiger partial charge in [0.05, 0.1) is 0 Å². The van der Waals surface area contributed by atoms with E-state index in [0.717, 1.165) is 34.8 Å². The van der Waals surface area contributed by atoms with Crippen molar-refractivity contribution in [2.24, 2.45) is 5.92 Å². The van der Waals surface area contributed by atoms with Crippen molar-refractivity contribution >= 4 is 44.7 Å². The van der Waals surface area contributed by atoms with Crippen LogP contribution < -0.4 is 4.72 Å². The van der Waals surface area contributed by atoms with E-state index in [1.54, 1.807) is 6.08 Å². The van der Waals surface area contributed by atoms with Gasteiger partial charge in [0.25, 0.3) is 0 Å². The van der Waals surface area contributed by atoms with Crippen LogP contribution in [0.4, 0.5) is 0 Å². The SMILES string of the molecule is O=C(O)CCCC=CC1CCC(NS(=O)(=O)C=Cc2ccc(I)cc2)C1. The van der Waals surface area contributed by atoms with E-state index in [1.165, 1.54) is 5.41 Å². The van der Waals surface area contributed by atoms with Gasteiger partial charge in [0.15, 0.2) is 0 Å². The van der Waals surface area contributed by atoms with Crippen LogP contribution in [0.15, 0.2) is 41.8 Å². The first-order valence-electron chi connectivity index (χ1n) is 8.68. The molecule has 0 spiro atoms. The summed E-state index contributed by atoms with van der Waals surface area (Å²) in [6.07, 6.45) is 9.84. The number of carbonyl (C=O) groups is 1. The predicted molar refractivity (Wildman–Crippen MR) is 112 cm³/mol. The van der Waals surface area contributed by atoms with Crippen LogP contribution >= 0.6 is 22.6 Å². The van der Waals surface area contributed by atoms with Gasteiger partial charge >= 0.3 is 5.97 Å². The molecule has 0 radical (unpaired) electrons. The quantitative estimate of drug-likeness (QED) is 0.310. The monoisotopic (exact) mass is 489 g/mol. The van der Waals surface area contributed by atoms with Gasteiger partial charge in [0.2, 0.25) is 10.0 Å². The van der Waals surface area contributed by atoms with E-state index in [-0.39, 0.29) is 12.5 Å². The minimum Gasteiger partial charge on any atom is -0.481 e. The van der Waals surface area contributed by atoms with E-state index in [2.05, 4.69) is 33.4 Å². The van der Waals surface area contributed by atoms with Gasteiger partial charge in [-0.1, -0.05) is 24.3 Å². The van der Waals surface area contributed by atoms with Gasteiger partial charge in [-0.15, -0.1) is 0 Å². The second kappa shape index (κ2) is 10.2. The van der Waals surface area contributed by atoms with Crippen LogP contribution in [0.25, 0.3) is 6.08 Å². The summed E-state index contributed by atoms with van der Waals surface area (Å²) >= 11 is 2.21. The fourth-order valence-electron chi connectivity index (χ4n) is 2.97. The maximum atomic E-state index is 12.2. The summed E-state index contributed by atoms with van der Waals surface area (Å²) in [5.74, 6) is -0.417. The molecule has 1 aromatic rings. The summed E-state index contributed by atoms with van der Waals surface area (Å²) in [5, 5.41) is 9.83. The molecule has 1 aliphatic carbocycles. The zero-order valence-corrected chi connectivity index (χ0v) is 17.4. The molecule has 1 aliphatic rings. The topological polar surface area (TPSA) is 83.5 Å². The molecule has 1 saturated carbocycles. The fourth-order valence-corrected chi connectivity index (χ4v) is 4.42. The zero-order valence-electron chi connectivity index (χ0n) is 14.5. The van der Waals surface area contributed by atoms with Gasteiger partial charge in [-0.2, -0.15) is 0 Å². The number of halogens is 1. The van der Waals surface area contributed by atoms with Crippen molar-refractivity contribution in [2.75, 3.05) is 0 Å². The third kappa shape index (κ3) is 8.01. The number of aliphatic carboxylic acids is 1. The Morgan fingerprint density at radius 2 is 2.00 bits per heavy atom. The first-order chi connectivity index (χ1) is 12.3. The lowest BCUT2D eigenvalue weighted by molar-refractivity contribution is -0.137. The Balaban J connectivity index is 1.78. The third-order valence-electron chi connectivity index (χ3n) is 4.28. The van der Waals surface area contributed by atoms with Crippen LogP contribution in [0.5, 0.6) is 0 Å². The van der Waals surface area contributed by atoms with Gasteiger partial charge in [0, 0.05) is 21.4 Å². The number of sulfonamides is 1. The lowest BCUT2D eigenvalue weighted by atomic mass is 10.1. The molecule has 2 atom stereocenters. The van der Waals surface area contributed by atoms with Crippen molar-refractivity contribution < 1.29 is 18.3 Å². The average molecular weight is 489 g/mol. The van der Waals surface area contributed by atoms with Gasteiger partial charge < -0.3 is 5.11 Å². The number of nitrogens with one attached hydrogen (secondary N) is 1. The lowest BCUT2D eigenvalue weighted by Crippen LogP contribution is -2.31. The molecule has 0 heterocycles. The summed E-state index contributed by atoms with van der Waals surface area (Å²) in [6.45, 7) is 0. The summed E-state index contributed by atoms with van der Waals surface area (Å²) in [6, 6.07) is 7.59. The second-order valence-electron chi connectivity index (χ2n) is 6.50. The molecule has 26 heavy (non-hydrogen) atoms. The van der Waals surface area contributed by atoms with E-state index in [0.29, 0.717) is 12.3 Å². The first-order valence-corrected chi connectivity index (χ1v) is 11.3. The lowest BCUT2D eigenvalue weighted by Gasteiger charge is -2.10.